The van der Waals surface area contributed by atoms with Crippen molar-refractivity contribution in [3.8, 4) is 0 Å². The van der Waals surface area contributed by atoms with Crippen LogP contribution in [0.2, 0.25) is 0 Å². The smallest absolute Gasteiger partial charge is 0.252 e. The van der Waals surface area contributed by atoms with Crippen LogP contribution in [0, 0.1) is 12.8 Å². The van der Waals surface area contributed by atoms with Crippen LogP contribution in [0.15, 0.2) is 82.2 Å². The van der Waals surface area contributed by atoms with E-state index in [0.29, 0.717) is 25.2 Å². The maximum Gasteiger partial charge on any atom is 0.252 e. The van der Waals surface area contributed by atoms with E-state index in [0.717, 1.165) is 33.6 Å². The minimum atomic E-state index is -0.151. The van der Waals surface area contributed by atoms with Crippen LogP contribution in [0.1, 0.15) is 48.2 Å². The summed E-state index contributed by atoms with van der Waals surface area (Å²) in [7, 11) is 0. The van der Waals surface area contributed by atoms with Crippen LogP contribution in [-0.2, 0) is 19.6 Å². The number of rotatable bonds is 9. The van der Waals surface area contributed by atoms with Gasteiger partial charge in [-0.3, -0.25) is 9.69 Å². The number of nitrogens with zero attached hydrogens (tertiary/aromatic N) is 5. The van der Waals surface area contributed by atoms with Gasteiger partial charge in [-0.2, -0.15) is 0 Å². The molecule has 0 spiro atoms. The Hall–Kier alpha value is -4.04. The first-order chi connectivity index (χ1) is 17.5. The van der Waals surface area contributed by atoms with Crippen molar-refractivity contribution in [3.63, 3.8) is 0 Å². The van der Waals surface area contributed by atoms with Crippen molar-refractivity contribution in [2.75, 3.05) is 0 Å². The van der Waals surface area contributed by atoms with Crippen LogP contribution in [0.4, 0.5) is 0 Å². The molecule has 2 aromatic carbocycles. The molecule has 3 heterocycles. The molecular weight excluding hydrogens is 452 g/mol. The highest BCUT2D eigenvalue weighted by molar-refractivity contribution is 5.79. The molecule has 0 fully saturated rings. The van der Waals surface area contributed by atoms with Gasteiger partial charge in [0, 0.05) is 17.6 Å². The van der Waals surface area contributed by atoms with E-state index in [2.05, 4.69) is 57.5 Å². The van der Waals surface area contributed by atoms with Crippen LogP contribution in [-0.4, -0.2) is 30.1 Å². The highest BCUT2D eigenvalue weighted by Gasteiger charge is 2.30. The summed E-state index contributed by atoms with van der Waals surface area (Å²) in [5.41, 5.74) is 3.66. The van der Waals surface area contributed by atoms with Gasteiger partial charge in [-0.25, -0.2) is 4.68 Å². The second-order valence-corrected chi connectivity index (χ2v) is 9.57. The first-order valence-corrected chi connectivity index (χ1v) is 12.2. The molecule has 1 N–H and O–H groups in total. The molecule has 184 valence electrons. The molecule has 5 rings (SSSR count). The summed E-state index contributed by atoms with van der Waals surface area (Å²) in [6.45, 7) is 7.81. The number of aryl methyl sites for hydroxylation is 1. The molecule has 5 aromatic rings. The largest absolute Gasteiger partial charge is 0.468 e. The Morgan fingerprint density at radius 2 is 1.86 bits per heavy atom. The molecule has 0 saturated heterocycles. The Morgan fingerprint density at radius 3 is 2.61 bits per heavy atom. The molecule has 0 saturated carbocycles. The number of hydrogen-bond acceptors (Lipinski definition) is 6. The van der Waals surface area contributed by atoms with Crippen molar-refractivity contribution >= 4 is 10.9 Å². The van der Waals surface area contributed by atoms with Gasteiger partial charge >= 0.3 is 0 Å². The summed E-state index contributed by atoms with van der Waals surface area (Å²) in [6, 6.07) is 21.9. The van der Waals surface area contributed by atoms with Gasteiger partial charge in [-0.05, 0) is 64.0 Å². The zero-order valence-electron chi connectivity index (χ0n) is 20.8. The molecule has 0 amide bonds. The number of nitrogens with one attached hydrogen (secondary N) is 1. The maximum absolute atomic E-state index is 13.1. The molecule has 0 aliphatic heterocycles. The molecule has 0 unspecified atom stereocenters. The zero-order chi connectivity index (χ0) is 25.1. The molecule has 0 aliphatic rings. The molecular formula is C28H30N6O2. The first-order valence-electron chi connectivity index (χ1n) is 12.2. The molecule has 8 heteroatoms. The predicted octanol–water partition coefficient (Wildman–Crippen LogP) is 4.86. The van der Waals surface area contributed by atoms with Crippen molar-refractivity contribution in [3.05, 3.63) is 112 Å². The zero-order valence-corrected chi connectivity index (χ0v) is 20.8. The number of tetrazole rings is 1. The van der Waals surface area contributed by atoms with Crippen LogP contribution in [0.5, 0.6) is 0 Å². The lowest BCUT2D eigenvalue weighted by Gasteiger charge is -2.33. The summed E-state index contributed by atoms with van der Waals surface area (Å²) in [5.74, 6) is 1.74. The Bertz CT molecular complexity index is 1490. The van der Waals surface area contributed by atoms with E-state index in [1.807, 2.05) is 60.1 Å². The van der Waals surface area contributed by atoms with Crippen LogP contribution in [0.25, 0.3) is 10.9 Å². The third kappa shape index (κ3) is 5.13. The van der Waals surface area contributed by atoms with Crippen LogP contribution >= 0.6 is 0 Å². The number of pyridine rings is 1. The van der Waals surface area contributed by atoms with Crippen LogP contribution < -0.4 is 5.56 Å². The number of aromatic amines is 1. The second-order valence-electron chi connectivity index (χ2n) is 9.57. The van der Waals surface area contributed by atoms with Crippen molar-refractivity contribution in [2.45, 2.75) is 46.4 Å². The van der Waals surface area contributed by atoms with E-state index in [9.17, 15) is 4.79 Å². The average Bonchev–Trinajstić information content (AvgIpc) is 3.53. The monoisotopic (exact) mass is 482 g/mol. The number of hydrogen-bond donors (Lipinski definition) is 1. The standard InChI is InChI=1S/C28H30N6O2/c1-19(2)26(27-30-31-32-34(27)16-21-8-5-4-6-9-21)33(18-24-10-7-13-36-24)17-23-15-22-12-11-20(3)14-25(22)29-28(23)35/h4-15,19,26H,16-18H2,1-3H3,(H,29,35)/t26-/m1/s1. The van der Waals surface area contributed by atoms with Gasteiger partial charge < -0.3 is 9.40 Å². The van der Waals surface area contributed by atoms with E-state index in [-0.39, 0.29) is 17.5 Å². The lowest BCUT2D eigenvalue weighted by Crippen LogP contribution is -2.35. The normalized spacial score (nSPS) is 12.6. The molecule has 8 nitrogen and oxygen atoms in total. The Morgan fingerprint density at radius 1 is 1.03 bits per heavy atom. The van der Waals surface area contributed by atoms with Gasteiger partial charge in [-0.15, -0.1) is 5.10 Å². The summed E-state index contributed by atoms with van der Waals surface area (Å²) < 4.78 is 7.55. The summed E-state index contributed by atoms with van der Waals surface area (Å²) in [4.78, 5) is 18.4. The summed E-state index contributed by atoms with van der Waals surface area (Å²) in [6.07, 6.45) is 1.67. The highest BCUT2D eigenvalue weighted by Crippen LogP contribution is 2.30. The fourth-order valence-corrected chi connectivity index (χ4v) is 4.73. The van der Waals surface area contributed by atoms with Gasteiger partial charge in [0.2, 0.25) is 0 Å². The predicted molar refractivity (Wildman–Crippen MR) is 138 cm³/mol. The second kappa shape index (κ2) is 10.3. The lowest BCUT2D eigenvalue weighted by molar-refractivity contribution is 0.116. The lowest BCUT2D eigenvalue weighted by atomic mass is 10.00. The van der Waals surface area contributed by atoms with E-state index in [1.54, 1.807) is 6.26 Å². The first kappa shape index (κ1) is 23.7. The van der Waals surface area contributed by atoms with Crippen molar-refractivity contribution in [1.82, 2.24) is 30.1 Å². The Labute approximate surface area is 209 Å². The number of H-pyrrole nitrogens is 1. The number of furan rings is 1. The van der Waals surface area contributed by atoms with Gasteiger partial charge in [0.05, 0.1) is 25.4 Å². The topological polar surface area (TPSA) is 92.8 Å². The molecule has 0 aliphatic carbocycles. The fourth-order valence-electron chi connectivity index (χ4n) is 4.73. The van der Waals surface area contributed by atoms with Gasteiger partial charge in [0.1, 0.15) is 5.76 Å². The van der Waals surface area contributed by atoms with E-state index in [1.165, 1.54) is 0 Å². The highest BCUT2D eigenvalue weighted by atomic mass is 16.3. The quantitative estimate of drug-likeness (QED) is 0.322. The summed E-state index contributed by atoms with van der Waals surface area (Å²) >= 11 is 0. The number of aromatic nitrogens is 5. The number of benzene rings is 2. The van der Waals surface area contributed by atoms with Crippen molar-refractivity contribution in [1.29, 1.82) is 0 Å². The third-order valence-corrected chi connectivity index (χ3v) is 6.42. The van der Waals surface area contributed by atoms with E-state index < -0.39 is 0 Å². The SMILES string of the molecule is Cc1ccc2cc(CN(Cc3ccco3)[C@@H](c3nnnn3Cc3ccccc3)C(C)C)c(=O)[nH]c2c1. The minimum absolute atomic E-state index is 0.0936. The third-order valence-electron chi connectivity index (χ3n) is 6.42. The van der Waals surface area contributed by atoms with Gasteiger partial charge in [0.15, 0.2) is 5.82 Å². The van der Waals surface area contributed by atoms with Crippen molar-refractivity contribution < 1.29 is 4.42 Å². The minimum Gasteiger partial charge on any atom is -0.468 e. The molecule has 1 atom stereocenters. The number of fused-ring (bicyclic) bond motifs is 1. The fraction of sp³-hybridized carbons (Fsp3) is 0.286. The molecule has 0 bridgehead atoms. The van der Waals surface area contributed by atoms with Crippen molar-refractivity contribution in [2.24, 2.45) is 5.92 Å². The average molecular weight is 483 g/mol. The van der Waals surface area contributed by atoms with E-state index in [4.69, 9.17) is 4.42 Å². The Balaban J connectivity index is 1.53. The molecule has 0 radical (unpaired) electrons. The Kier molecular flexibility index (Phi) is 6.77. The maximum atomic E-state index is 13.1. The van der Waals surface area contributed by atoms with Crippen LogP contribution in [0.3, 0.4) is 0 Å². The molecule has 36 heavy (non-hydrogen) atoms. The van der Waals surface area contributed by atoms with E-state index >= 15 is 0 Å². The van der Waals surface area contributed by atoms with Gasteiger partial charge in [-0.1, -0.05) is 56.3 Å². The summed E-state index contributed by atoms with van der Waals surface area (Å²) in [5, 5.41) is 13.8. The molecule has 3 aromatic heterocycles. The van der Waals surface area contributed by atoms with Gasteiger partial charge in [0.25, 0.3) is 5.56 Å².